The van der Waals surface area contributed by atoms with E-state index in [0.29, 0.717) is 17.2 Å². The third-order valence-corrected chi connectivity index (χ3v) is 6.92. The SMILES string of the molecule is Cc1ccc(C)c(N(Cc2ccc(C(=O)NC(CC(C)C)c3ccccc3)cc2)S(C)(=O)=O)c1. The Balaban J connectivity index is 1.79. The molecule has 3 aromatic carbocycles. The predicted molar refractivity (Wildman–Crippen MR) is 139 cm³/mol. The number of hydrogen-bond donors (Lipinski definition) is 1. The van der Waals surface area contributed by atoms with Gasteiger partial charge in [0.15, 0.2) is 0 Å². The zero-order valence-electron chi connectivity index (χ0n) is 20.6. The van der Waals surface area contributed by atoms with Crippen molar-refractivity contribution in [3.05, 3.63) is 101 Å². The summed E-state index contributed by atoms with van der Waals surface area (Å²) < 4.78 is 26.6. The number of nitrogens with one attached hydrogen (secondary N) is 1. The first-order valence-corrected chi connectivity index (χ1v) is 13.4. The van der Waals surface area contributed by atoms with Crippen LogP contribution in [0.3, 0.4) is 0 Å². The summed E-state index contributed by atoms with van der Waals surface area (Å²) in [6.45, 7) is 8.32. The van der Waals surface area contributed by atoms with Gasteiger partial charge in [-0.1, -0.05) is 68.4 Å². The average Bonchev–Trinajstić information content (AvgIpc) is 2.78. The van der Waals surface area contributed by atoms with Crippen molar-refractivity contribution in [2.75, 3.05) is 10.6 Å². The lowest BCUT2D eigenvalue weighted by atomic mass is 9.96. The maximum absolute atomic E-state index is 13.0. The molecule has 180 valence electrons. The van der Waals surface area contributed by atoms with Crippen LogP contribution in [0.5, 0.6) is 0 Å². The van der Waals surface area contributed by atoms with E-state index >= 15 is 0 Å². The number of nitrogens with zero attached hydrogens (tertiary/aromatic N) is 1. The molecule has 1 amide bonds. The van der Waals surface area contributed by atoms with E-state index in [4.69, 9.17) is 0 Å². The van der Waals surface area contributed by atoms with E-state index in [-0.39, 0.29) is 18.5 Å². The first-order valence-electron chi connectivity index (χ1n) is 11.5. The van der Waals surface area contributed by atoms with Gasteiger partial charge in [-0.25, -0.2) is 8.42 Å². The molecule has 5 nitrogen and oxygen atoms in total. The molecule has 0 bridgehead atoms. The summed E-state index contributed by atoms with van der Waals surface area (Å²) in [5.74, 6) is 0.287. The second-order valence-electron chi connectivity index (χ2n) is 9.32. The molecule has 6 heteroatoms. The molecule has 0 fully saturated rings. The van der Waals surface area contributed by atoms with Gasteiger partial charge in [-0.05, 0) is 66.6 Å². The van der Waals surface area contributed by atoms with Gasteiger partial charge in [0, 0.05) is 5.56 Å². The first-order chi connectivity index (χ1) is 16.0. The second-order valence-corrected chi connectivity index (χ2v) is 11.2. The summed E-state index contributed by atoms with van der Waals surface area (Å²) in [5.41, 5.74) is 5.00. The van der Waals surface area contributed by atoms with Crippen LogP contribution in [0.4, 0.5) is 5.69 Å². The molecule has 0 aromatic heterocycles. The number of anilines is 1. The molecule has 0 aliphatic rings. The molecule has 3 rings (SSSR count). The molecule has 0 radical (unpaired) electrons. The van der Waals surface area contributed by atoms with Crippen LogP contribution in [0.1, 0.15) is 58.9 Å². The summed E-state index contributed by atoms with van der Waals surface area (Å²) >= 11 is 0. The summed E-state index contributed by atoms with van der Waals surface area (Å²) in [4.78, 5) is 13.0. The molecule has 0 aliphatic heterocycles. The highest BCUT2D eigenvalue weighted by Gasteiger charge is 2.21. The molecule has 0 spiro atoms. The third-order valence-electron chi connectivity index (χ3n) is 5.79. The number of carbonyl (C=O) groups is 1. The van der Waals surface area contributed by atoms with Gasteiger partial charge >= 0.3 is 0 Å². The Morgan fingerprint density at radius 2 is 1.59 bits per heavy atom. The van der Waals surface area contributed by atoms with Gasteiger partial charge in [0.05, 0.1) is 24.5 Å². The fraction of sp³-hybridized carbons (Fsp3) is 0.321. The van der Waals surface area contributed by atoms with Crippen LogP contribution >= 0.6 is 0 Å². The lowest BCUT2D eigenvalue weighted by Gasteiger charge is -2.25. The number of sulfonamides is 1. The molecular formula is C28H34N2O3S. The minimum Gasteiger partial charge on any atom is -0.345 e. The molecular weight excluding hydrogens is 444 g/mol. The molecule has 1 unspecified atom stereocenters. The van der Waals surface area contributed by atoms with Gasteiger partial charge in [-0.3, -0.25) is 9.10 Å². The monoisotopic (exact) mass is 478 g/mol. The van der Waals surface area contributed by atoms with Crippen LogP contribution in [-0.2, 0) is 16.6 Å². The van der Waals surface area contributed by atoms with Crippen LogP contribution in [0.2, 0.25) is 0 Å². The maximum atomic E-state index is 13.0. The topological polar surface area (TPSA) is 66.5 Å². The zero-order valence-corrected chi connectivity index (χ0v) is 21.4. The van der Waals surface area contributed by atoms with Crippen molar-refractivity contribution in [3.63, 3.8) is 0 Å². The minimum atomic E-state index is -3.49. The van der Waals surface area contributed by atoms with Crippen molar-refractivity contribution < 1.29 is 13.2 Å². The smallest absolute Gasteiger partial charge is 0.251 e. The lowest BCUT2D eigenvalue weighted by molar-refractivity contribution is 0.0932. The normalized spacial score (nSPS) is 12.4. The van der Waals surface area contributed by atoms with E-state index in [0.717, 1.165) is 28.7 Å². The van der Waals surface area contributed by atoms with E-state index in [1.807, 2.05) is 74.5 Å². The highest BCUT2D eigenvalue weighted by Crippen LogP contribution is 2.26. The minimum absolute atomic E-state index is 0.0709. The van der Waals surface area contributed by atoms with Gasteiger partial charge in [0.1, 0.15) is 0 Å². The quantitative estimate of drug-likeness (QED) is 0.423. The van der Waals surface area contributed by atoms with E-state index in [9.17, 15) is 13.2 Å². The standard InChI is InChI=1S/C28H34N2O3S/c1-20(2)17-26(24-9-7-6-8-10-24)29-28(31)25-15-13-23(14-16-25)19-30(34(5,32)33)27-18-21(3)11-12-22(27)4/h6-16,18,20,26H,17,19H2,1-5H3,(H,29,31). The van der Waals surface area contributed by atoms with Crippen LogP contribution in [0, 0.1) is 19.8 Å². The lowest BCUT2D eigenvalue weighted by Crippen LogP contribution is -2.30. The number of rotatable bonds is 9. The van der Waals surface area contributed by atoms with E-state index < -0.39 is 10.0 Å². The van der Waals surface area contributed by atoms with E-state index in [1.165, 1.54) is 10.6 Å². The van der Waals surface area contributed by atoms with Crippen molar-refractivity contribution in [3.8, 4) is 0 Å². The van der Waals surface area contributed by atoms with Crippen molar-refractivity contribution in [2.24, 2.45) is 5.92 Å². The molecule has 0 aliphatic carbocycles. The van der Waals surface area contributed by atoms with Gasteiger partial charge in [0.2, 0.25) is 10.0 Å². The van der Waals surface area contributed by atoms with Gasteiger partial charge in [0.25, 0.3) is 5.91 Å². The van der Waals surface area contributed by atoms with E-state index in [1.54, 1.807) is 12.1 Å². The highest BCUT2D eigenvalue weighted by atomic mass is 32.2. The Morgan fingerprint density at radius 1 is 0.941 bits per heavy atom. The summed E-state index contributed by atoms with van der Waals surface area (Å²) in [7, 11) is -3.49. The van der Waals surface area contributed by atoms with Gasteiger partial charge in [-0.15, -0.1) is 0 Å². The van der Waals surface area contributed by atoms with Crippen LogP contribution < -0.4 is 9.62 Å². The largest absolute Gasteiger partial charge is 0.345 e. The Hall–Kier alpha value is -3.12. The predicted octanol–water partition coefficient (Wildman–Crippen LogP) is 5.79. The molecule has 1 N–H and O–H groups in total. The molecule has 0 saturated carbocycles. The fourth-order valence-electron chi connectivity index (χ4n) is 3.97. The van der Waals surface area contributed by atoms with Gasteiger partial charge < -0.3 is 5.32 Å². The number of carbonyl (C=O) groups excluding carboxylic acids is 1. The average molecular weight is 479 g/mol. The highest BCUT2D eigenvalue weighted by molar-refractivity contribution is 7.92. The Morgan fingerprint density at radius 3 is 2.18 bits per heavy atom. The number of hydrogen-bond acceptors (Lipinski definition) is 3. The number of amides is 1. The second kappa shape index (κ2) is 10.9. The number of aryl methyl sites for hydroxylation is 2. The summed E-state index contributed by atoms with van der Waals surface area (Å²) in [6, 6.07) is 22.8. The van der Waals surface area contributed by atoms with Crippen molar-refractivity contribution >= 4 is 21.6 Å². The van der Waals surface area contributed by atoms with Crippen LogP contribution in [0.15, 0.2) is 72.8 Å². The third kappa shape index (κ3) is 6.70. The van der Waals surface area contributed by atoms with E-state index in [2.05, 4.69) is 19.2 Å². The number of benzene rings is 3. The van der Waals surface area contributed by atoms with Gasteiger partial charge in [-0.2, -0.15) is 0 Å². The molecule has 0 heterocycles. The Bertz CT molecular complexity index is 1220. The van der Waals surface area contributed by atoms with Crippen molar-refractivity contribution in [1.29, 1.82) is 0 Å². The summed E-state index contributed by atoms with van der Waals surface area (Å²) in [6.07, 6.45) is 2.06. The Labute approximate surface area is 203 Å². The van der Waals surface area contributed by atoms with Crippen molar-refractivity contribution in [1.82, 2.24) is 5.32 Å². The summed E-state index contributed by atoms with van der Waals surface area (Å²) in [5, 5.41) is 3.16. The van der Waals surface area contributed by atoms with Crippen LogP contribution in [0.25, 0.3) is 0 Å². The van der Waals surface area contributed by atoms with Crippen molar-refractivity contribution in [2.45, 2.75) is 46.7 Å². The molecule has 1 atom stereocenters. The first kappa shape index (κ1) is 25.5. The molecule has 3 aromatic rings. The zero-order chi connectivity index (χ0) is 24.9. The fourth-order valence-corrected chi connectivity index (χ4v) is 4.91. The maximum Gasteiger partial charge on any atom is 0.251 e. The van der Waals surface area contributed by atoms with Crippen LogP contribution in [-0.4, -0.2) is 20.6 Å². The molecule has 0 saturated heterocycles. The molecule has 34 heavy (non-hydrogen) atoms. The Kier molecular flexibility index (Phi) is 8.15.